The van der Waals surface area contributed by atoms with Gasteiger partial charge in [-0.15, -0.1) is 5.06 Å². The number of piperazine rings is 1. The molecule has 2 bridgehead atoms. The third-order valence-corrected chi connectivity index (χ3v) is 11.1. The highest BCUT2D eigenvalue weighted by Gasteiger charge is 2.61. The molecule has 4 atom stereocenters. The Morgan fingerprint density at radius 3 is 1.52 bits per heavy atom. The quantitative estimate of drug-likeness (QED) is 0.0637. The maximum absolute atomic E-state index is 13.0. The number of rotatable bonds is 17. The first-order chi connectivity index (χ1) is 27.4. The summed E-state index contributed by atoms with van der Waals surface area (Å²) >= 11 is 0. The van der Waals surface area contributed by atoms with E-state index < -0.39 is 41.1 Å². The molecule has 3 aromatic carbocycles. The van der Waals surface area contributed by atoms with Crippen LogP contribution in [0.5, 0.6) is 0 Å². The van der Waals surface area contributed by atoms with Gasteiger partial charge in [0.05, 0.1) is 56.6 Å². The summed E-state index contributed by atoms with van der Waals surface area (Å²) in [7, 11) is 0. The van der Waals surface area contributed by atoms with Gasteiger partial charge in [0.25, 0.3) is 11.8 Å². The van der Waals surface area contributed by atoms with E-state index in [0.717, 1.165) is 23.1 Å². The number of nitrogens with zero attached hydrogens (tertiary/aromatic N) is 3. The number of carbonyl (C=O) groups excluding carboxylic acids is 5. The van der Waals surface area contributed by atoms with E-state index in [0.29, 0.717) is 31.2 Å². The van der Waals surface area contributed by atoms with Crippen molar-refractivity contribution in [1.82, 2.24) is 14.9 Å². The second-order valence-corrected chi connectivity index (χ2v) is 14.3. The summed E-state index contributed by atoms with van der Waals surface area (Å²) in [6, 6.07) is 31.5. The number of hydrogen-bond acceptors (Lipinski definition) is 11. The molecule has 13 nitrogen and oxygen atoms in total. The summed E-state index contributed by atoms with van der Waals surface area (Å²) in [5.74, 6) is -3.39. The van der Waals surface area contributed by atoms with Gasteiger partial charge in [0.2, 0.25) is 0 Å². The van der Waals surface area contributed by atoms with Gasteiger partial charge in [-0.2, -0.15) is 0 Å². The van der Waals surface area contributed by atoms with Crippen molar-refractivity contribution in [2.75, 3.05) is 65.8 Å². The third kappa shape index (κ3) is 8.25. The lowest BCUT2D eigenvalue weighted by Crippen LogP contribution is -2.57. The lowest BCUT2D eigenvalue weighted by atomic mass is 9.75. The number of esters is 1. The summed E-state index contributed by atoms with van der Waals surface area (Å²) in [6.45, 7) is 3.20. The van der Waals surface area contributed by atoms with E-state index in [4.69, 9.17) is 23.8 Å². The summed E-state index contributed by atoms with van der Waals surface area (Å²) in [4.78, 5) is 71.8. The lowest BCUT2D eigenvalue weighted by Gasteiger charge is -2.48. The van der Waals surface area contributed by atoms with Gasteiger partial charge in [-0.1, -0.05) is 103 Å². The first-order valence-electron chi connectivity index (χ1n) is 19.3. The largest absolute Gasteiger partial charge is 0.463 e. The van der Waals surface area contributed by atoms with E-state index in [1.54, 1.807) is 4.90 Å². The molecule has 3 aromatic rings. The van der Waals surface area contributed by atoms with Gasteiger partial charge >= 0.3 is 18.0 Å². The van der Waals surface area contributed by atoms with Crippen LogP contribution in [-0.2, 0) is 48.5 Å². The summed E-state index contributed by atoms with van der Waals surface area (Å²) in [5.41, 5.74) is 2.95. The molecular weight excluding hydrogens is 718 g/mol. The third-order valence-electron chi connectivity index (χ3n) is 11.1. The van der Waals surface area contributed by atoms with Crippen molar-refractivity contribution >= 4 is 29.8 Å². The molecule has 2 heterocycles. The average molecular weight is 766 g/mol. The molecule has 0 radical (unpaired) electrons. The van der Waals surface area contributed by atoms with Crippen LogP contribution in [0.15, 0.2) is 103 Å². The Labute approximate surface area is 326 Å². The fourth-order valence-corrected chi connectivity index (χ4v) is 8.51. The van der Waals surface area contributed by atoms with Crippen LogP contribution >= 0.6 is 0 Å². The SMILES string of the molecule is O=C(CCC(=O)ON1C(=O)[C@@H]2[C@H](C1=O)[C@@H]1C=C[C@H]2C1)OCCOCCOCCOC(=O)N1CCN(C(c2ccccc2)(c2ccccc2)c2ccccc2)CC1. The number of ether oxygens (including phenoxy) is 4. The normalized spacial score (nSPS) is 21.6. The van der Waals surface area contributed by atoms with E-state index in [1.807, 2.05) is 30.4 Å². The Morgan fingerprint density at radius 2 is 1.02 bits per heavy atom. The molecule has 2 aliphatic carbocycles. The molecule has 7 rings (SSSR count). The molecule has 2 saturated heterocycles. The predicted octanol–water partition coefficient (Wildman–Crippen LogP) is 4.35. The highest BCUT2D eigenvalue weighted by molar-refractivity contribution is 6.06. The number of amides is 3. The van der Waals surface area contributed by atoms with Gasteiger partial charge in [-0.25, -0.2) is 9.59 Å². The summed E-state index contributed by atoms with van der Waals surface area (Å²) < 4.78 is 21.6. The smallest absolute Gasteiger partial charge is 0.409 e. The highest BCUT2D eigenvalue weighted by atomic mass is 16.7. The van der Waals surface area contributed by atoms with Crippen LogP contribution < -0.4 is 0 Å². The topological polar surface area (TPSA) is 141 Å². The minimum atomic E-state index is -0.849. The molecule has 0 spiro atoms. The standard InChI is InChI=1S/C43H47N3O10/c47-36(18-19-37(48)56-46-40(49)38-31-16-17-32(30-31)39(38)41(46)50)54-28-26-52-24-25-53-27-29-55-42(51)44-20-22-45(23-21-44)43(33-10-4-1-5-11-33,34-12-6-2-7-13-34)35-14-8-3-9-15-35/h1-17,31-32,38-39H,18-30H2/t31-,32+,38-,39+. The van der Waals surface area contributed by atoms with E-state index in [2.05, 4.69) is 77.7 Å². The second-order valence-electron chi connectivity index (χ2n) is 14.3. The van der Waals surface area contributed by atoms with Gasteiger partial charge < -0.3 is 28.7 Å². The number of hydroxylamine groups is 2. The van der Waals surface area contributed by atoms with Crippen molar-refractivity contribution in [2.24, 2.45) is 23.7 Å². The van der Waals surface area contributed by atoms with E-state index in [1.165, 1.54) is 0 Å². The van der Waals surface area contributed by atoms with Crippen LogP contribution in [0.3, 0.4) is 0 Å². The van der Waals surface area contributed by atoms with Crippen molar-refractivity contribution in [3.8, 4) is 0 Å². The molecule has 294 valence electrons. The van der Waals surface area contributed by atoms with Crippen molar-refractivity contribution in [2.45, 2.75) is 24.8 Å². The predicted molar refractivity (Wildman–Crippen MR) is 201 cm³/mol. The van der Waals surface area contributed by atoms with Crippen LogP contribution in [-0.4, -0.2) is 111 Å². The van der Waals surface area contributed by atoms with E-state index >= 15 is 0 Å². The number of benzene rings is 3. The van der Waals surface area contributed by atoms with E-state index in [9.17, 15) is 24.0 Å². The lowest BCUT2D eigenvalue weighted by molar-refractivity contribution is -0.199. The van der Waals surface area contributed by atoms with Crippen LogP contribution in [0.2, 0.25) is 0 Å². The number of carbonyl (C=O) groups is 5. The molecule has 0 unspecified atom stereocenters. The molecule has 4 aliphatic rings. The van der Waals surface area contributed by atoms with Crippen molar-refractivity contribution in [1.29, 1.82) is 0 Å². The fourth-order valence-electron chi connectivity index (χ4n) is 8.51. The minimum absolute atomic E-state index is 0.00604. The first kappa shape index (κ1) is 38.9. The minimum Gasteiger partial charge on any atom is -0.463 e. The Kier molecular flexibility index (Phi) is 12.5. The zero-order valence-corrected chi connectivity index (χ0v) is 31.2. The number of imide groups is 1. The first-order valence-corrected chi connectivity index (χ1v) is 19.3. The average Bonchev–Trinajstić information content (AvgIpc) is 3.93. The zero-order valence-electron chi connectivity index (χ0n) is 31.2. The number of hydrogen-bond donors (Lipinski definition) is 0. The summed E-state index contributed by atoms with van der Waals surface area (Å²) in [6.07, 6.45) is 3.71. The Hall–Kier alpha value is -5.37. The Bertz CT molecular complexity index is 1740. The Morgan fingerprint density at radius 1 is 0.571 bits per heavy atom. The summed E-state index contributed by atoms with van der Waals surface area (Å²) in [5, 5.41) is 0.575. The molecule has 2 aliphatic heterocycles. The second kappa shape index (κ2) is 18.1. The maximum Gasteiger partial charge on any atom is 0.409 e. The van der Waals surface area contributed by atoms with Gasteiger partial charge in [0, 0.05) is 26.2 Å². The maximum atomic E-state index is 13.0. The van der Waals surface area contributed by atoms with Crippen molar-refractivity contribution in [3.05, 3.63) is 120 Å². The number of allylic oxidation sites excluding steroid dienone is 2. The van der Waals surface area contributed by atoms with Gasteiger partial charge in [0.1, 0.15) is 13.2 Å². The number of fused-ring (bicyclic) bond motifs is 5. The Balaban J connectivity index is 0.753. The van der Waals surface area contributed by atoms with Crippen LogP contribution in [0.25, 0.3) is 0 Å². The van der Waals surface area contributed by atoms with Crippen LogP contribution in [0.1, 0.15) is 36.0 Å². The molecule has 0 aromatic heterocycles. The van der Waals surface area contributed by atoms with E-state index in [-0.39, 0.29) is 70.4 Å². The molecule has 56 heavy (non-hydrogen) atoms. The monoisotopic (exact) mass is 765 g/mol. The fraction of sp³-hybridized carbons (Fsp3) is 0.419. The molecule has 3 fully saturated rings. The molecule has 3 amide bonds. The molecule has 1 saturated carbocycles. The highest BCUT2D eigenvalue weighted by Crippen LogP contribution is 2.52. The van der Waals surface area contributed by atoms with Crippen molar-refractivity contribution in [3.63, 3.8) is 0 Å². The van der Waals surface area contributed by atoms with Crippen LogP contribution in [0, 0.1) is 23.7 Å². The zero-order chi connectivity index (χ0) is 38.9. The molecule has 0 N–H and O–H groups in total. The molecular formula is C43H47N3O10. The van der Waals surface area contributed by atoms with Gasteiger partial charge in [-0.05, 0) is 34.9 Å². The van der Waals surface area contributed by atoms with Gasteiger partial charge in [0.15, 0.2) is 0 Å². The molecule has 13 heteroatoms. The van der Waals surface area contributed by atoms with Gasteiger partial charge in [-0.3, -0.25) is 19.3 Å². The van der Waals surface area contributed by atoms with Crippen molar-refractivity contribution < 1.29 is 47.8 Å². The van der Waals surface area contributed by atoms with Crippen LogP contribution in [0.4, 0.5) is 4.79 Å².